The summed E-state index contributed by atoms with van der Waals surface area (Å²) in [4.78, 5) is 44.1. The number of fused-ring (bicyclic) bond motifs is 2. The molecule has 1 atom stereocenters. The van der Waals surface area contributed by atoms with Gasteiger partial charge in [-0.1, -0.05) is 23.5 Å². The maximum Gasteiger partial charge on any atom is 0.296 e. The summed E-state index contributed by atoms with van der Waals surface area (Å²) in [6.45, 7) is 2.34. The van der Waals surface area contributed by atoms with Crippen molar-refractivity contribution in [2.24, 2.45) is 0 Å². The number of carbonyl (C=O) groups is 2. The fraction of sp³-hybridized carbons (Fsp3) is 0.138. The third kappa shape index (κ3) is 4.34. The summed E-state index contributed by atoms with van der Waals surface area (Å²) >= 11 is 1.18. The first-order valence-electron chi connectivity index (χ1n) is 12.5. The van der Waals surface area contributed by atoms with Crippen molar-refractivity contribution in [2.75, 3.05) is 18.6 Å². The van der Waals surface area contributed by atoms with Crippen molar-refractivity contribution in [2.45, 2.75) is 13.0 Å². The molecule has 1 aliphatic heterocycles. The van der Waals surface area contributed by atoms with Gasteiger partial charge in [0, 0.05) is 17.5 Å². The monoisotopic (exact) mass is 571 g/mol. The van der Waals surface area contributed by atoms with Crippen LogP contribution in [0, 0.1) is 10.1 Å². The second kappa shape index (κ2) is 10.1. The molecular weight excluding hydrogens is 550 g/mol. The van der Waals surface area contributed by atoms with Gasteiger partial charge < -0.3 is 19.0 Å². The Labute approximate surface area is 236 Å². The highest BCUT2D eigenvalue weighted by molar-refractivity contribution is 7.22. The minimum Gasteiger partial charge on any atom is -0.503 e. The van der Waals surface area contributed by atoms with Crippen LogP contribution in [0.2, 0.25) is 0 Å². The largest absolute Gasteiger partial charge is 0.503 e. The second-order valence-corrected chi connectivity index (χ2v) is 10.1. The normalized spacial score (nSPS) is 15.2. The fourth-order valence-electron chi connectivity index (χ4n) is 4.82. The highest BCUT2D eigenvalue weighted by Crippen LogP contribution is 2.45. The quantitative estimate of drug-likeness (QED) is 0.132. The van der Waals surface area contributed by atoms with Crippen LogP contribution < -0.4 is 14.4 Å². The highest BCUT2D eigenvalue weighted by Gasteiger charge is 2.46. The second-order valence-electron chi connectivity index (χ2n) is 9.07. The lowest BCUT2D eigenvalue weighted by Gasteiger charge is -2.24. The zero-order valence-electron chi connectivity index (χ0n) is 21.7. The molecule has 6 rings (SSSR count). The van der Waals surface area contributed by atoms with Crippen molar-refractivity contribution in [1.29, 1.82) is 0 Å². The molecule has 1 aliphatic rings. The zero-order valence-corrected chi connectivity index (χ0v) is 22.5. The standard InChI is InChI=1S/C29H21N3O8S/c1-3-39-18-11-12-19-22(14-18)41-29(30-19)31-24(15-7-9-17(10-8-15)32(36)37)23(26(34)28(31)35)25(33)21-13-16-5-4-6-20(38-2)27(16)40-21/h4-14,24,34H,3H2,1-2H3. The number of rotatable bonds is 8. The molecule has 206 valence electrons. The van der Waals surface area contributed by atoms with E-state index in [0.717, 1.165) is 4.70 Å². The number of nitro groups is 1. The fourth-order valence-corrected chi connectivity index (χ4v) is 5.84. The molecule has 11 nitrogen and oxygen atoms in total. The molecule has 0 aliphatic carbocycles. The van der Waals surface area contributed by atoms with Crippen LogP contribution in [0.5, 0.6) is 11.5 Å². The number of Topliss-reactive ketones (excluding diaryl/α,β-unsaturated/α-hetero) is 1. The topological polar surface area (TPSA) is 145 Å². The number of ether oxygens (including phenoxy) is 2. The van der Waals surface area contributed by atoms with Gasteiger partial charge in [-0.05, 0) is 55.0 Å². The molecule has 0 spiro atoms. The molecule has 3 heterocycles. The lowest BCUT2D eigenvalue weighted by Crippen LogP contribution is -2.30. The lowest BCUT2D eigenvalue weighted by atomic mass is 9.95. The Hall–Kier alpha value is -5.23. The summed E-state index contributed by atoms with van der Waals surface area (Å²) in [6, 6.07) is 16.3. The van der Waals surface area contributed by atoms with Crippen molar-refractivity contribution < 1.29 is 33.5 Å². The number of furan rings is 1. The van der Waals surface area contributed by atoms with E-state index in [4.69, 9.17) is 13.9 Å². The van der Waals surface area contributed by atoms with Gasteiger partial charge in [-0.15, -0.1) is 0 Å². The predicted octanol–water partition coefficient (Wildman–Crippen LogP) is 6.14. The number of anilines is 1. The minimum atomic E-state index is -1.14. The third-order valence-electron chi connectivity index (χ3n) is 6.69. The number of benzene rings is 3. The first-order valence-corrected chi connectivity index (χ1v) is 13.3. The van der Waals surface area contributed by atoms with Crippen molar-refractivity contribution in [3.63, 3.8) is 0 Å². The molecule has 0 fully saturated rings. The van der Waals surface area contributed by atoms with E-state index >= 15 is 0 Å². The number of ketones is 1. The molecule has 3 aromatic carbocycles. The van der Waals surface area contributed by atoms with Crippen LogP contribution in [0.1, 0.15) is 29.1 Å². The number of hydrogen-bond acceptors (Lipinski definition) is 10. The number of amides is 1. The molecule has 0 radical (unpaired) electrons. The summed E-state index contributed by atoms with van der Waals surface area (Å²) in [5.74, 6) is -1.39. The molecule has 12 heteroatoms. The van der Waals surface area contributed by atoms with Gasteiger partial charge in [0.05, 0.1) is 40.5 Å². The van der Waals surface area contributed by atoms with Crippen LogP contribution >= 0.6 is 11.3 Å². The summed E-state index contributed by atoms with van der Waals surface area (Å²) in [7, 11) is 1.47. The van der Waals surface area contributed by atoms with Crippen LogP contribution in [0.15, 0.2) is 82.5 Å². The van der Waals surface area contributed by atoms with Gasteiger partial charge in [0.1, 0.15) is 5.75 Å². The Balaban J connectivity index is 1.49. The van der Waals surface area contributed by atoms with Gasteiger partial charge in [0.15, 0.2) is 28.0 Å². The van der Waals surface area contributed by atoms with Gasteiger partial charge in [0.25, 0.3) is 11.6 Å². The van der Waals surface area contributed by atoms with Crippen LogP contribution in [-0.2, 0) is 4.79 Å². The average molecular weight is 572 g/mol. The maximum absolute atomic E-state index is 13.9. The number of hydrogen-bond donors (Lipinski definition) is 1. The Morgan fingerprint density at radius 1 is 1.17 bits per heavy atom. The van der Waals surface area contributed by atoms with Crippen LogP contribution in [0.3, 0.4) is 0 Å². The number of non-ortho nitro benzene ring substituents is 1. The number of thiazole rings is 1. The molecule has 0 saturated carbocycles. The van der Waals surface area contributed by atoms with Crippen molar-refractivity contribution in [3.05, 3.63) is 99.5 Å². The van der Waals surface area contributed by atoms with E-state index in [-0.39, 0.29) is 22.2 Å². The first-order chi connectivity index (χ1) is 19.8. The van der Waals surface area contributed by atoms with E-state index in [1.165, 1.54) is 53.7 Å². The number of carbonyl (C=O) groups excluding carboxylic acids is 2. The number of nitro benzene ring substituents is 1. The van der Waals surface area contributed by atoms with E-state index in [9.17, 15) is 24.8 Å². The number of para-hydroxylation sites is 1. The van der Waals surface area contributed by atoms with Crippen molar-refractivity contribution >= 4 is 55.0 Å². The minimum absolute atomic E-state index is 0.113. The Morgan fingerprint density at radius 3 is 2.66 bits per heavy atom. The number of aliphatic hydroxyl groups is 1. The van der Waals surface area contributed by atoms with Crippen LogP contribution in [0.25, 0.3) is 21.2 Å². The summed E-state index contributed by atoms with van der Waals surface area (Å²) in [5, 5.41) is 23.2. The molecule has 2 aromatic heterocycles. The lowest BCUT2D eigenvalue weighted by molar-refractivity contribution is -0.384. The van der Waals surface area contributed by atoms with Crippen LogP contribution in [-0.4, -0.2) is 40.4 Å². The third-order valence-corrected chi connectivity index (χ3v) is 7.71. The van der Waals surface area contributed by atoms with E-state index in [2.05, 4.69) is 4.98 Å². The smallest absolute Gasteiger partial charge is 0.296 e. The molecule has 1 N–H and O–H groups in total. The summed E-state index contributed by atoms with van der Waals surface area (Å²) < 4.78 is 17.5. The predicted molar refractivity (Wildman–Crippen MR) is 151 cm³/mol. The van der Waals surface area contributed by atoms with Gasteiger partial charge in [-0.3, -0.25) is 24.6 Å². The molecule has 5 aromatic rings. The Morgan fingerprint density at radius 2 is 1.95 bits per heavy atom. The van der Waals surface area contributed by atoms with E-state index in [0.29, 0.717) is 40.2 Å². The Bertz CT molecular complexity index is 1890. The molecule has 0 bridgehead atoms. The van der Waals surface area contributed by atoms with Gasteiger partial charge in [-0.25, -0.2) is 4.98 Å². The number of nitrogens with zero attached hydrogens (tertiary/aromatic N) is 3. The summed E-state index contributed by atoms with van der Waals surface area (Å²) in [5.41, 5.74) is 0.879. The van der Waals surface area contributed by atoms with Gasteiger partial charge >= 0.3 is 0 Å². The van der Waals surface area contributed by atoms with Crippen LogP contribution in [0.4, 0.5) is 10.8 Å². The van der Waals surface area contributed by atoms with Gasteiger partial charge in [-0.2, -0.15) is 0 Å². The van der Waals surface area contributed by atoms with Crippen molar-refractivity contribution in [3.8, 4) is 11.5 Å². The molecule has 0 saturated heterocycles. The van der Waals surface area contributed by atoms with Gasteiger partial charge in [0.2, 0.25) is 5.78 Å². The summed E-state index contributed by atoms with van der Waals surface area (Å²) in [6.07, 6.45) is 0. The number of aliphatic hydroxyl groups excluding tert-OH is 1. The number of aromatic nitrogens is 1. The molecular formula is C29H21N3O8S. The first kappa shape index (κ1) is 26.0. The average Bonchev–Trinajstić information content (AvgIpc) is 3.66. The molecule has 1 unspecified atom stereocenters. The zero-order chi connectivity index (χ0) is 28.8. The van der Waals surface area contributed by atoms with Crippen molar-refractivity contribution in [1.82, 2.24) is 4.98 Å². The maximum atomic E-state index is 13.9. The highest BCUT2D eigenvalue weighted by atomic mass is 32.1. The van der Waals surface area contributed by atoms with E-state index in [1.54, 1.807) is 36.4 Å². The molecule has 41 heavy (non-hydrogen) atoms. The number of methoxy groups -OCH3 is 1. The molecule has 1 amide bonds. The SMILES string of the molecule is CCOc1ccc2nc(N3C(=O)C(O)=C(C(=O)c4cc5cccc(OC)c5o4)C3c3ccc([N+](=O)[O-])cc3)sc2c1. The Kier molecular flexibility index (Phi) is 6.39. The van der Waals surface area contributed by atoms with E-state index in [1.807, 2.05) is 6.92 Å². The van der Waals surface area contributed by atoms with E-state index < -0.39 is 28.4 Å².